The minimum atomic E-state index is -0.0727. The van der Waals surface area contributed by atoms with Crippen LogP contribution in [0.15, 0.2) is 0 Å². The first kappa shape index (κ1) is 13.1. The summed E-state index contributed by atoms with van der Waals surface area (Å²) in [5, 5.41) is 6.76. The topological polar surface area (TPSA) is 61.9 Å². The van der Waals surface area contributed by atoms with E-state index in [4.69, 9.17) is 0 Å². The van der Waals surface area contributed by atoms with Gasteiger partial charge < -0.3 is 4.90 Å². The number of aromatic nitrogens is 3. The van der Waals surface area contributed by atoms with Gasteiger partial charge in [-0.05, 0) is 18.8 Å². The van der Waals surface area contributed by atoms with Crippen LogP contribution in [0.25, 0.3) is 0 Å². The third kappa shape index (κ3) is 3.09. The Kier molecular flexibility index (Phi) is 4.33. The van der Waals surface area contributed by atoms with Gasteiger partial charge in [-0.25, -0.2) is 4.98 Å². The molecule has 0 spiro atoms. The van der Waals surface area contributed by atoms with E-state index in [0.717, 1.165) is 18.8 Å². The van der Waals surface area contributed by atoms with E-state index in [0.29, 0.717) is 11.7 Å². The van der Waals surface area contributed by atoms with E-state index >= 15 is 0 Å². The molecule has 1 heterocycles. The quantitative estimate of drug-likeness (QED) is 0.889. The second-order valence-electron chi connectivity index (χ2n) is 5.15. The standard InChI is InChI=1S/C13H22N4O/c1-3-11-14-12(16-15-11)13(18)17(2)9-10-7-5-4-6-8-10/h10H,3-9H2,1-2H3,(H,14,15,16). The van der Waals surface area contributed by atoms with Crippen molar-refractivity contribution in [2.24, 2.45) is 5.92 Å². The summed E-state index contributed by atoms with van der Waals surface area (Å²) in [5.41, 5.74) is 0. The molecule has 0 unspecified atom stereocenters. The lowest BCUT2D eigenvalue weighted by Gasteiger charge is -2.26. The number of carbonyl (C=O) groups excluding carboxylic acids is 1. The van der Waals surface area contributed by atoms with Gasteiger partial charge in [0.1, 0.15) is 5.82 Å². The molecule has 5 heteroatoms. The van der Waals surface area contributed by atoms with E-state index in [1.54, 1.807) is 4.90 Å². The molecule has 1 aromatic rings. The van der Waals surface area contributed by atoms with E-state index in [-0.39, 0.29) is 5.91 Å². The summed E-state index contributed by atoms with van der Waals surface area (Å²) in [6.45, 7) is 2.81. The second kappa shape index (κ2) is 5.98. The maximum atomic E-state index is 12.1. The highest BCUT2D eigenvalue weighted by Crippen LogP contribution is 2.24. The fourth-order valence-corrected chi connectivity index (χ4v) is 2.56. The fourth-order valence-electron chi connectivity index (χ4n) is 2.56. The predicted octanol–water partition coefficient (Wildman–Crippen LogP) is 2.02. The highest BCUT2D eigenvalue weighted by atomic mass is 16.2. The number of aromatic amines is 1. The summed E-state index contributed by atoms with van der Waals surface area (Å²) in [6.07, 6.45) is 7.19. The molecular formula is C13H22N4O. The SMILES string of the molecule is CCc1nc(C(=O)N(C)CC2CCCCC2)n[nH]1. The summed E-state index contributed by atoms with van der Waals surface area (Å²) in [4.78, 5) is 18.1. The molecule has 2 rings (SSSR count). The molecule has 1 saturated carbocycles. The van der Waals surface area contributed by atoms with Crippen molar-refractivity contribution < 1.29 is 4.79 Å². The second-order valence-corrected chi connectivity index (χ2v) is 5.15. The first-order chi connectivity index (χ1) is 8.70. The van der Waals surface area contributed by atoms with Crippen molar-refractivity contribution in [1.82, 2.24) is 20.1 Å². The predicted molar refractivity (Wildman–Crippen MR) is 69.3 cm³/mol. The Hall–Kier alpha value is -1.39. The van der Waals surface area contributed by atoms with Crippen LogP contribution < -0.4 is 0 Å². The van der Waals surface area contributed by atoms with Crippen LogP contribution >= 0.6 is 0 Å². The van der Waals surface area contributed by atoms with Gasteiger partial charge >= 0.3 is 0 Å². The summed E-state index contributed by atoms with van der Waals surface area (Å²) >= 11 is 0. The van der Waals surface area contributed by atoms with Crippen molar-refractivity contribution in [3.8, 4) is 0 Å². The van der Waals surface area contributed by atoms with Crippen LogP contribution in [0, 0.1) is 5.92 Å². The van der Waals surface area contributed by atoms with Gasteiger partial charge in [0.05, 0.1) is 0 Å². The average molecular weight is 250 g/mol. The van der Waals surface area contributed by atoms with Gasteiger partial charge in [-0.2, -0.15) is 0 Å². The smallest absolute Gasteiger partial charge is 0.293 e. The van der Waals surface area contributed by atoms with Gasteiger partial charge in [0, 0.05) is 20.0 Å². The largest absolute Gasteiger partial charge is 0.339 e. The average Bonchev–Trinajstić information content (AvgIpc) is 2.87. The Labute approximate surface area is 108 Å². The number of rotatable bonds is 4. The normalized spacial score (nSPS) is 16.8. The first-order valence-corrected chi connectivity index (χ1v) is 6.87. The zero-order chi connectivity index (χ0) is 13.0. The molecule has 1 amide bonds. The molecule has 0 aromatic carbocycles. The summed E-state index contributed by atoms with van der Waals surface area (Å²) in [7, 11) is 1.85. The number of nitrogens with zero attached hydrogens (tertiary/aromatic N) is 3. The summed E-state index contributed by atoms with van der Waals surface area (Å²) in [5.74, 6) is 1.64. The van der Waals surface area contributed by atoms with Gasteiger partial charge in [-0.3, -0.25) is 9.89 Å². The molecule has 0 atom stereocenters. The lowest BCUT2D eigenvalue weighted by Crippen LogP contribution is -2.33. The van der Waals surface area contributed by atoms with E-state index in [2.05, 4.69) is 15.2 Å². The third-order valence-electron chi connectivity index (χ3n) is 3.66. The number of nitrogens with one attached hydrogen (secondary N) is 1. The molecular weight excluding hydrogens is 228 g/mol. The van der Waals surface area contributed by atoms with E-state index in [9.17, 15) is 4.79 Å². The number of hydrogen-bond acceptors (Lipinski definition) is 3. The molecule has 1 aromatic heterocycles. The molecule has 5 nitrogen and oxygen atoms in total. The summed E-state index contributed by atoms with van der Waals surface area (Å²) < 4.78 is 0. The molecule has 1 aliphatic rings. The number of hydrogen-bond donors (Lipinski definition) is 1. The van der Waals surface area contributed by atoms with Crippen LogP contribution in [0.3, 0.4) is 0 Å². The van der Waals surface area contributed by atoms with Gasteiger partial charge in [0.15, 0.2) is 0 Å². The Balaban J connectivity index is 1.91. The van der Waals surface area contributed by atoms with Gasteiger partial charge in [0.25, 0.3) is 5.91 Å². The minimum absolute atomic E-state index is 0.0727. The Morgan fingerprint density at radius 3 is 2.72 bits per heavy atom. The van der Waals surface area contributed by atoms with Crippen LogP contribution in [-0.2, 0) is 6.42 Å². The summed E-state index contributed by atoms with van der Waals surface area (Å²) in [6, 6.07) is 0. The molecule has 0 bridgehead atoms. The molecule has 1 N–H and O–H groups in total. The van der Waals surface area contributed by atoms with Crippen molar-refractivity contribution in [3.05, 3.63) is 11.6 Å². The molecule has 18 heavy (non-hydrogen) atoms. The van der Waals surface area contributed by atoms with E-state index in [1.165, 1.54) is 32.1 Å². The first-order valence-electron chi connectivity index (χ1n) is 6.87. The van der Waals surface area contributed by atoms with Gasteiger partial charge in [-0.1, -0.05) is 26.2 Å². The van der Waals surface area contributed by atoms with Crippen LogP contribution in [-0.4, -0.2) is 39.6 Å². The van der Waals surface area contributed by atoms with Crippen molar-refractivity contribution in [2.75, 3.05) is 13.6 Å². The van der Waals surface area contributed by atoms with Crippen LogP contribution in [0.2, 0.25) is 0 Å². The maximum Gasteiger partial charge on any atom is 0.293 e. The van der Waals surface area contributed by atoms with Crippen LogP contribution in [0.4, 0.5) is 0 Å². The Bertz CT molecular complexity index is 395. The zero-order valence-electron chi connectivity index (χ0n) is 11.3. The maximum absolute atomic E-state index is 12.1. The monoisotopic (exact) mass is 250 g/mol. The van der Waals surface area contributed by atoms with Crippen molar-refractivity contribution in [2.45, 2.75) is 45.4 Å². The zero-order valence-corrected chi connectivity index (χ0v) is 11.3. The lowest BCUT2D eigenvalue weighted by molar-refractivity contribution is 0.0749. The van der Waals surface area contributed by atoms with E-state index < -0.39 is 0 Å². The Morgan fingerprint density at radius 2 is 2.11 bits per heavy atom. The lowest BCUT2D eigenvalue weighted by atomic mass is 9.89. The highest BCUT2D eigenvalue weighted by Gasteiger charge is 2.21. The molecule has 1 fully saturated rings. The highest BCUT2D eigenvalue weighted by molar-refractivity contribution is 5.90. The third-order valence-corrected chi connectivity index (χ3v) is 3.66. The van der Waals surface area contributed by atoms with Crippen molar-refractivity contribution in [3.63, 3.8) is 0 Å². The van der Waals surface area contributed by atoms with E-state index in [1.807, 2.05) is 14.0 Å². The van der Waals surface area contributed by atoms with Gasteiger partial charge in [0.2, 0.25) is 5.82 Å². The van der Waals surface area contributed by atoms with Gasteiger partial charge in [-0.15, -0.1) is 5.10 Å². The molecule has 0 radical (unpaired) electrons. The van der Waals surface area contributed by atoms with Crippen LogP contribution in [0.5, 0.6) is 0 Å². The number of H-pyrrole nitrogens is 1. The molecule has 1 aliphatic carbocycles. The number of aryl methyl sites for hydroxylation is 1. The molecule has 100 valence electrons. The molecule has 0 saturated heterocycles. The minimum Gasteiger partial charge on any atom is -0.339 e. The van der Waals surface area contributed by atoms with Crippen molar-refractivity contribution >= 4 is 5.91 Å². The number of carbonyl (C=O) groups is 1. The Morgan fingerprint density at radius 1 is 1.39 bits per heavy atom. The molecule has 0 aliphatic heterocycles. The van der Waals surface area contributed by atoms with Crippen LogP contribution in [0.1, 0.15) is 55.5 Å². The number of amides is 1. The van der Waals surface area contributed by atoms with Crippen molar-refractivity contribution in [1.29, 1.82) is 0 Å². The fraction of sp³-hybridized carbons (Fsp3) is 0.769.